The molecule has 8 heteroatoms. The van der Waals surface area contributed by atoms with Crippen LogP contribution in [0.4, 0.5) is 10.1 Å². The van der Waals surface area contributed by atoms with Crippen LogP contribution in [0.15, 0.2) is 60.7 Å². The molecule has 35 heavy (non-hydrogen) atoms. The molecule has 1 aliphatic rings. The molecule has 1 aliphatic heterocycles. The summed E-state index contributed by atoms with van der Waals surface area (Å²) in [6, 6.07) is 16.3. The van der Waals surface area contributed by atoms with Gasteiger partial charge in [-0.2, -0.15) is 0 Å². The molecular weight excluding hydrogens is 451 g/mol. The van der Waals surface area contributed by atoms with E-state index in [0.29, 0.717) is 41.5 Å². The molecule has 182 valence electrons. The molecule has 0 saturated heterocycles. The number of amides is 2. The number of rotatable bonds is 7. The number of fused-ring (bicyclic) bond motifs is 1. The molecule has 1 atom stereocenters. The largest absolute Gasteiger partial charge is 0.497 e. The van der Waals surface area contributed by atoms with Gasteiger partial charge in [0.1, 0.15) is 23.1 Å². The van der Waals surface area contributed by atoms with Crippen LogP contribution in [-0.4, -0.2) is 37.0 Å². The Morgan fingerprint density at radius 3 is 2.54 bits per heavy atom. The van der Waals surface area contributed by atoms with Crippen LogP contribution in [0.2, 0.25) is 0 Å². The second-order valence-electron chi connectivity index (χ2n) is 8.18. The van der Waals surface area contributed by atoms with Crippen LogP contribution in [0.5, 0.6) is 17.2 Å². The van der Waals surface area contributed by atoms with Crippen molar-refractivity contribution >= 4 is 17.5 Å². The van der Waals surface area contributed by atoms with E-state index in [9.17, 15) is 14.0 Å². The molecule has 0 bridgehead atoms. The number of carbonyl (C=O) groups excluding carboxylic acids is 2. The van der Waals surface area contributed by atoms with E-state index in [2.05, 4.69) is 5.32 Å². The average Bonchev–Trinajstić information content (AvgIpc) is 3.00. The van der Waals surface area contributed by atoms with E-state index >= 15 is 0 Å². The van der Waals surface area contributed by atoms with E-state index in [4.69, 9.17) is 14.2 Å². The first kappa shape index (κ1) is 24.1. The van der Waals surface area contributed by atoms with Gasteiger partial charge in [-0.25, -0.2) is 4.39 Å². The lowest BCUT2D eigenvalue weighted by Crippen LogP contribution is -2.38. The number of nitrogens with zero attached hydrogens (tertiary/aromatic N) is 1. The summed E-state index contributed by atoms with van der Waals surface area (Å²) in [6.07, 6.45) is -0.116. The molecule has 0 unspecified atom stereocenters. The molecule has 7 nitrogen and oxygen atoms in total. The fourth-order valence-electron chi connectivity index (χ4n) is 3.97. The van der Waals surface area contributed by atoms with Gasteiger partial charge in [0.2, 0.25) is 0 Å². The quantitative estimate of drug-likeness (QED) is 0.528. The molecular formula is C27H27FN2O5. The maximum atomic E-state index is 13.3. The Bertz CT molecular complexity index is 1230. The summed E-state index contributed by atoms with van der Waals surface area (Å²) in [5.41, 5.74) is 2.49. The summed E-state index contributed by atoms with van der Waals surface area (Å²) in [6.45, 7) is 2.50. The number of hydrogen-bond acceptors (Lipinski definition) is 5. The molecule has 0 saturated carbocycles. The Morgan fingerprint density at radius 1 is 1.09 bits per heavy atom. The molecule has 3 aromatic rings. The second-order valence-corrected chi connectivity index (χ2v) is 8.18. The van der Waals surface area contributed by atoms with Gasteiger partial charge in [-0.1, -0.05) is 19.1 Å². The first-order valence-corrected chi connectivity index (χ1v) is 11.3. The molecule has 3 aromatic carbocycles. The number of halogens is 1. The summed E-state index contributed by atoms with van der Waals surface area (Å²) < 4.78 is 29.9. The van der Waals surface area contributed by atoms with Gasteiger partial charge in [0.15, 0.2) is 6.10 Å². The van der Waals surface area contributed by atoms with E-state index in [1.807, 2.05) is 6.92 Å². The van der Waals surface area contributed by atoms with Gasteiger partial charge in [0.05, 0.1) is 19.8 Å². The molecule has 2 amide bonds. The van der Waals surface area contributed by atoms with Crippen molar-refractivity contribution in [2.45, 2.75) is 32.5 Å². The highest BCUT2D eigenvalue weighted by Crippen LogP contribution is 2.31. The van der Waals surface area contributed by atoms with Crippen molar-refractivity contribution in [3.05, 3.63) is 83.2 Å². The normalized spacial score (nSPS) is 15.0. The van der Waals surface area contributed by atoms with Crippen molar-refractivity contribution in [2.24, 2.45) is 0 Å². The lowest BCUT2D eigenvalue weighted by Gasteiger charge is -2.23. The Labute approximate surface area is 203 Å². The van der Waals surface area contributed by atoms with Gasteiger partial charge in [-0.05, 0) is 54.4 Å². The molecule has 0 aromatic heterocycles. The predicted octanol–water partition coefficient (Wildman–Crippen LogP) is 4.80. The first-order chi connectivity index (χ1) is 16.9. The summed E-state index contributed by atoms with van der Waals surface area (Å²) in [4.78, 5) is 27.8. The highest BCUT2D eigenvalue weighted by atomic mass is 19.1. The van der Waals surface area contributed by atoms with Crippen molar-refractivity contribution in [3.63, 3.8) is 0 Å². The third-order valence-corrected chi connectivity index (χ3v) is 5.85. The van der Waals surface area contributed by atoms with E-state index in [-0.39, 0.29) is 24.2 Å². The van der Waals surface area contributed by atoms with Crippen LogP contribution in [0.3, 0.4) is 0 Å². The highest BCUT2D eigenvalue weighted by molar-refractivity contribution is 6.06. The summed E-state index contributed by atoms with van der Waals surface area (Å²) in [5.74, 6) is 0.752. The molecule has 0 fully saturated rings. The van der Waals surface area contributed by atoms with Crippen molar-refractivity contribution in [1.82, 2.24) is 4.90 Å². The maximum absolute atomic E-state index is 13.3. The van der Waals surface area contributed by atoms with Gasteiger partial charge in [-0.15, -0.1) is 0 Å². The van der Waals surface area contributed by atoms with E-state index in [0.717, 1.165) is 11.1 Å². The fourth-order valence-corrected chi connectivity index (χ4v) is 3.97. The third-order valence-electron chi connectivity index (χ3n) is 5.85. The van der Waals surface area contributed by atoms with Crippen molar-refractivity contribution in [2.75, 3.05) is 19.5 Å². The zero-order chi connectivity index (χ0) is 24.9. The molecule has 4 rings (SSSR count). The Balaban J connectivity index is 1.58. The van der Waals surface area contributed by atoms with Crippen molar-refractivity contribution < 1.29 is 28.2 Å². The van der Waals surface area contributed by atoms with Crippen LogP contribution in [0.1, 0.15) is 34.8 Å². The van der Waals surface area contributed by atoms with E-state index < -0.39 is 6.10 Å². The minimum atomic E-state index is -0.624. The summed E-state index contributed by atoms with van der Waals surface area (Å²) >= 11 is 0. The molecule has 0 aliphatic carbocycles. The fraction of sp³-hybridized carbons (Fsp3) is 0.259. The number of anilines is 1. The lowest BCUT2D eigenvalue weighted by atomic mass is 10.1. The number of hydrogen-bond donors (Lipinski definition) is 1. The smallest absolute Gasteiger partial charge is 0.264 e. The number of carbonyl (C=O) groups is 2. The van der Waals surface area contributed by atoms with Crippen LogP contribution in [0, 0.1) is 5.82 Å². The topological polar surface area (TPSA) is 77.1 Å². The number of ether oxygens (including phenoxy) is 3. The van der Waals surface area contributed by atoms with E-state index in [1.165, 1.54) is 19.2 Å². The van der Waals surface area contributed by atoms with Gasteiger partial charge in [-0.3, -0.25) is 9.59 Å². The number of methoxy groups -OCH3 is 2. The number of benzene rings is 3. The van der Waals surface area contributed by atoms with Crippen molar-refractivity contribution in [1.29, 1.82) is 0 Å². The lowest BCUT2D eigenvalue weighted by molar-refractivity contribution is -0.139. The van der Waals surface area contributed by atoms with Gasteiger partial charge in [0.25, 0.3) is 11.8 Å². The third kappa shape index (κ3) is 5.37. The number of nitrogens with one attached hydrogen (secondary N) is 1. The molecule has 1 heterocycles. The zero-order valence-electron chi connectivity index (χ0n) is 19.8. The van der Waals surface area contributed by atoms with Crippen LogP contribution >= 0.6 is 0 Å². The standard InChI is InChI=1S/C27H27FN2O5/c1-4-23-27(32)30(15-17-5-7-19(28)8-6-17)16-18-13-20(9-12-24(18)35-23)29-26(31)22-11-10-21(33-2)14-25(22)34-3/h5-14,23H,4,15-16H2,1-3H3,(H,29,31)/t23-/m0/s1. The summed E-state index contributed by atoms with van der Waals surface area (Å²) in [7, 11) is 3.03. The Kier molecular flexibility index (Phi) is 7.19. The van der Waals surface area contributed by atoms with Crippen molar-refractivity contribution in [3.8, 4) is 17.2 Å². The van der Waals surface area contributed by atoms with Gasteiger partial charge < -0.3 is 24.4 Å². The molecule has 1 N–H and O–H groups in total. The summed E-state index contributed by atoms with van der Waals surface area (Å²) in [5, 5.41) is 2.89. The van der Waals surface area contributed by atoms with Crippen LogP contribution in [-0.2, 0) is 17.9 Å². The Hall–Kier alpha value is -4.07. The van der Waals surface area contributed by atoms with Gasteiger partial charge in [0, 0.05) is 30.4 Å². The zero-order valence-corrected chi connectivity index (χ0v) is 19.8. The minimum absolute atomic E-state index is 0.137. The predicted molar refractivity (Wildman–Crippen MR) is 129 cm³/mol. The molecule has 0 spiro atoms. The monoisotopic (exact) mass is 478 g/mol. The highest BCUT2D eigenvalue weighted by Gasteiger charge is 2.30. The maximum Gasteiger partial charge on any atom is 0.264 e. The van der Waals surface area contributed by atoms with Gasteiger partial charge >= 0.3 is 0 Å². The van der Waals surface area contributed by atoms with Crippen LogP contribution < -0.4 is 19.5 Å². The SMILES string of the molecule is CC[C@@H]1Oc2ccc(NC(=O)c3ccc(OC)cc3OC)cc2CN(Cc2ccc(F)cc2)C1=O. The van der Waals surface area contributed by atoms with E-state index in [1.54, 1.807) is 60.5 Å². The van der Waals surface area contributed by atoms with Crippen LogP contribution in [0.25, 0.3) is 0 Å². The first-order valence-electron chi connectivity index (χ1n) is 11.3. The average molecular weight is 479 g/mol. The second kappa shape index (κ2) is 10.5. The molecule has 0 radical (unpaired) electrons. The minimum Gasteiger partial charge on any atom is -0.497 e. The Morgan fingerprint density at radius 2 is 1.86 bits per heavy atom.